The number of hydrogen-bond donors (Lipinski definition) is 6. The maximum atomic E-state index is 11.6. The predicted molar refractivity (Wildman–Crippen MR) is 101 cm³/mol. The number of nitrogens with zero attached hydrogens (tertiary/aromatic N) is 3. The molecule has 24 heavy (non-hydrogen) atoms. The van der Waals surface area contributed by atoms with E-state index in [1.165, 1.54) is 0 Å². The highest BCUT2D eigenvalue weighted by Crippen LogP contribution is 2.11. The van der Waals surface area contributed by atoms with Crippen LogP contribution in [0, 0.1) is 0 Å². The quantitative estimate of drug-likeness (QED) is 0.344. The fourth-order valence-corrected chi connectivity index (χ4v) is 2.02. The van der Waals surface area contributed by atoms with Crippen molar-refractivity contribution in [3.05, 3.63) is 0 Å². The molecule has 0 unspecified atom stereocenters. The second-order valence-electron chi connectivity index (χ2n) is 4.37. The van der Waals surface area contributed by atoms with Crippen LogP contribution in [0.3, 0.4) is 0 Å². The van der Waals surface area contributed by atoms with Crippen LogP contribution in [0.5, 0.6) is 0 Å². The molecule has 0 fully saturated rings. The number of rotatable bonds is 9. The fourth-order valence-electron chi connectivity index (χ4n) is 1.41. The molecule has 1 heterocycles. The van der Waals surface area contributed by atoms with Gasteiger partial charge in [0.2, 0.25) is 35.6 Å². The summed E-state index contributed by atoms with van der Waals surface area (Å²) in [5.74, 6) is -0.238. The lowest BCUT2D eigenvalue weighted by molar-refractivity contribution is -0.116. The molecule has 3 N–H and O–H groups in total. The maximum Gasteiger partial charge on any atom is 0.236 e. The van der Waals surface area contributed by atoms with Gasteiger partial charge in [0.25, 0.3) is 0 Å². The van der Waals surface area contributed by atoms with E-state index >= 15 is 0 Å². The second-order valence-corrected chi connectivity index (χ2v) is 5.71. The SMILES string of the molecule is O=C(CCS)Nc1nc(NC(=O)CCS)nc(NC(=O)CCS)n1. The summed E-state index contributed by atoms with van der Waals surface area (Å²) in [5.41, 5.74) is 0. The van der Waals surface area contributed by atoms with Crippen molar-refractivity contribution in [2.45, 2.75) is 19.3 Å². The maximum absolute atomic E-state index is 11.6. The standard InChI is InChI=1S/C12H18N6O3S3/c19-7(1-4-22)13-10-16-11(14-8(20)2-5-23)18-12(17-10)15-9(21)3-6-24/h22-24H,1-6H2,(H3,13,14,15,16,17,18,19,20,21). The van der Waals surface area contributed by atoms with Crippen LogP contribution in [0.4, 0.5) is 17.8 Å². The molecule has 3 amide bonds. The van der Waals surface area contributed by atoms with Crippen molar-refractivity contribution in [3.63, 3.8) is 0 Å². The molecule has 1 rings (SSSR count). The first kappa shape index (κ1) is 20.5. The zero-order chi connectivity index (χ0) is 17.9. The van der Waals surface area contributed by atoms with E-state index in [9.17, 15) is 14.4 Å². The molecule has 9 nitrogen and oxygen atoms in total. The van der Waals surface area contributed by atoms with E-state index in [2.05, 4.69) is 68.8 Å². The van der Waals surface area contributed by atoms with Crippen LogP contribution in [-0.4, -0.2) is 49.9 Å². The Morgan fingerprint density at radius 3 is 1.08 bits per heavy atom. The summed E-state index contributed by atoms with van der Waals surface area (Å²) in [6.45, 7) is 0. The largest absolute Gasteiger partial charge is 0.294 e. The van der Waals surface area contributed by atoms with Crippen LogP contribution < -0.4 is 16.0 Å². The Morgan fingerprint density at radius 2 is 0.875 bits per heavy atom. The Balaban J connectivity index is 2.97. The van der Waals surface area contributed by atoms with Gasteiger partial charge in [-0.15, -0.1) is 0 Å². The minimum absolute atomic E-state index is 0.0841. The third-order valence-corrected chi connectivity index (χ3v) is 3.08. The third kappa shape index (κ3) is 7.84. The van der Waals surface area contributed by atoms with Gasteiger partial charge in [-0.25, -0.2) is 0 Å². The molecule has 0 bridgehead atoms. The van der Waals surface area contributed by atoms with Crippen molar-refractivity contribution >= 4 is 73.5 Å². The van der Waals surface area contributed by atoms with Gasteiger partial charge in [0.05, 0.1) is 0 Å². The first-order chi connectivity index (χ1) is 11.5. The van der Waals surface area contributed by atoms with Crippen molar-refractivity contribution < 1.29 is 14.4 Å². The van der Waals surface area contributed by atoms with Crippen LogP contribution in [0.15, 0.2) is 0 Å². The Hall–Kier alpha value is -1.53. The van der Waals surface area contributed by atoms with E-state index in [4.69, 9.17) is 0 Å². The van der Waals surface area contributed by atoms with Gasteiger partial charge in [-0.3, -0.25) is 30.3 Å². The Kier molecular flexibility index (Phi) is 9.49. The molecule has 0 aliphatic carbocycles. The Bertz CT molecular complexity index is 508. The summed E-state index contributed by atoms with van der Waals surface area (Å²) in [4.78, 5) is 46.7. The first-order valence-corrected chi connectivity index (χ1v) is 8.86. The van der Waals surface area contributed by atoms with Gasteiger partial charge in [-0.05, 0) is 17.3 Å². The average molecular weight is 391 g/mol. The lowest BCUT2D eigenvalue weighted by Gasteiger charge is -2.09. The molecule has 132 valence electrons. The van der Waals surface area contributed by atoms with Gasteiger partial charge in [0.15, 0.2) is 0 Å². The van der Waals surface area contributed by atoms with Crippen molar-refractivity contribution in [1.29, 1.82) is 0 Å². The minimum atomic E-state index is -0.350. The molecule has 0 aromatic carbocycles. The zero-order valence-corrected chi connectivity index (χ0v) is 15.3. The molecule has 0 atom stereocenters. The van der Waals surface area contributed by atoms with Gasteiger partial charge < -0.3 is 0 Å². The van der Waals surface area contributed by atoms with E-state index in [0.29, 0.717) is 17.3 Å². The van der Waals surface area contributed by atoms with Crippen molar-refractivity contribution in [2.24, 2.45) is 0 Å². The molecule has 0 spiro atoms. The third-order valence-electron chi connectivity index (χ3n) is 2.41. The van der Waals surface area contributed by atoms with Crippen LogP contribution in [0.2, 0.25) is 0 Å². The molecular weight excluding hydrogens is 372 g/mol. The molecular formula is C12H18N6O3S3. The molecule has 0 saturated heterocycles. The zero-order valence-electron chi connectivity index (χ0n) is 12.7. The van der Waals surface area contributed by atoms with Crippen molar-refractivity contribution in [2.75, 3.05) is 33.2 Å². The highest BCUT2D eigenvalue weighted by Gasteiger charge is 2.13. The van der Waals surface area contributed by atoms with E-state index in [-0.39, 0.29) is 54.8 Å². The molecule has 0 radical (unpaired) electrons. The normalized spacial score (nSPS) is 10.1. The van der Waals surface area contributed by atoms with Gasteiger partial charge in [0, 0.05) is 19.3 Å². The summed E-state index contributed by atoms with van der Waals surface area (Å²) in [5, 5.41) is 7.35. The molecule has 12 heteroatoms. The lowest BCUT2D eigenvalue weighted by atomic mass is 10.4. The Labute approximate surface area is 155 Å². The molecule has 0 saturated carbocycles. The number of nitrogens with one attached hydrogen (secondary N) is 3. The number of aromatic nitrogens is 3. The average Bonchev–Trinajstić information content (AvgIpc) is 2.47. The summed E-state index contributed by atoms with van der Waals surface area (Å²) < 4.78 is 0. The fraction of sp³-hybridized carbons (Fsp3) is 0.500. The smallest absolute Gasteiger partial charge is 0.236 e. The summed E-state index contributed by atoms with van der Waals surface area (Å²) >= 11 is 11.9. The van der Waals surface area contributed by atoms with Crippen molar-refractivity contribution in [1.82, 2.24) is 15.0 Å². The van der Waals surface area contributed by atoms with E-state index in [1.54, 1.807) is 0 Å². The topological polar surface area (TPSA) is 126 Å². The molecule has 1 aromatic rings. The monoisotopic (exact) mass is 390 g/mol. The summed E-state index contributed by atoms with van der Waals surface area (Å²) in [6, 6.07) is 0. The lowest BCUT2D eigenvalue weighted by Crippen LogP contribution is -2.21. The van der Waals surface area contributed by atoms with Gasteiger partial charge in [-0.2, -0.15) is 52.8 Å². The van der Waals surface area contributed by atoms with E-state index < -0.39 is 0 Å². The number of amides is 3. The minimum Gasteiger partial charge on any atom is -0.294 e. The van der Waals surface area contributed by atoms with Crippen LogP contribution in [-0.2, 0) is 14.4 Å². The van der Waals surface area contributed by atoms with Crippen LogP contribution >= 0.6 is 37.9 Å². The number of hydrogen-bond acceptors (Lipinski definition) is 9. The highest BCUT2D eigenvalue weighted by molar-refractivity contribution is 7.80. The van der Waals surface area contributed by atoms with Gasteiger partial charge in [-0.1, -0.05) is 0 Å². The first-order valence-electron chi connectivity index (χ1n) is 6.96. The number of thiol groups is 3. The molecule has 0 aliphatic rings. The van der Waals surface area contributed by atoms with Crippen LogP contribution in [0.1, 0.15) is 19.3 Å². The van der Waals surface area contributed by atoms with E-state index in [0.717, 1.165) is 0 Å². The second kappa shape index (κ2) is 11.1. The molecule has 0 aliphatic heterocycles. The van der Waals surface area contributed by atoms with Crippen molar-refractivity contribution in [3.8, 4) is 0 Å². The number of anilines is 3. The number of carbonyl (C=O) groups excluding carboxylic acids is 3. The van der Waals surface area contributed by atoms with Gasteiger partial charge in [0.1, 0.15) is 0 Å². The summed E-state index contributed by atoms with van der Waals surface area (Å²) in [6.07, 6.45) is 0.493. The molecule has 1 aromatic heterocycles. The van der Waals surface area contributed by atoms with E-state index in [1.807, 2.05) is 0 Å². The predicted octanol–water partition coefficient (Wildman–Crippen LogP) is 0.647. The van der Waals surface area contributed by atoms with Crippen LogP contribution in [0.25, 0.3) is 0 Å². The summed E-state index contributed by atoms with van der Waals surface area (Å²) in [7, 11) is 0. The van der Waals surface area contributed by atoms with Gasteiger partial charge >= 0.3 is 0 Å². The Morgan fingerprint density at radius 1 is 0.625 bits per heavy atom. The highest BCUT2D eigenvalue weighted by atomic mass is 32.1. The number of carbonyl (C=O) groups is 3.